The molecule has 0 aliphatic rings. The fourth-order valence-electron chi connectivity index (χ4n) is 3.52. The maximum absolute atomic E-state index is 13.4. The summed E-state index contributed by atoms with van der Waals surface area (Å²) in [7, 11) is 0. The zero-order valence-corrected chi connectivity index (χ0v) is 15.9. The normalized spacial score (nSPS) is 11.9. The van der Waals surface area contributed by atoms with E-state index >= 15 is 0 Å². The fourth-order valence-corrected chi connectivity index (χ4v) is 3.86. The standard InChI is InChI=1S/C18H8Cl2N8O/c19-9-1-3-12-11(5-9)23-15(16-24-21-7-26(12)16)28-14-6-10(20)2-4-13(14)27-8-22-25-17(27)18(28)29/h1-8H. The van der Waals surface area contributed by atoms with Crippen molar-refractivity contribution in [1.82, 2.24) is 38.7 Å². The van der Waals surface area contributed by atoms with Crippen LogP contribution in [0.2, 0.25) is 10.0 Å². The molecule has 0 aliphatic heterocycles. The summed E-state index contributed by atoms with van der Waals surface area (Å²) in [6, 6.07) is 10.5. The molecule has 0 unspecified atom stereocenters. The van der Waals surface area contributed by atoms with Crippen LogP contribution in [0.1, 0.15) is 0 Å². The molecule has 0 saturated heterocycles. The van der Waals surface area contributed by atoms with Crippen molar-refractivity contribution in [2.45, 2.75) is 0 Å². The van der Waals surface area contributed by atoms with Gasteiger partial charge in [0.1, 0.15) is 12.7 Å². The topological polar surface area (TPSA) is 95.3 Å². The average Bonchev–Trinajstić information content (AvgIpc) is 3.38. The van der Waals surface area contributed by atoms with Crippen molar-refractivity contribution in [3.05, 3.63) is 69.5 Å². The number of aromatic nitrogens is 8. The number of benzene rings is 2. The number of fused-ring (bicyclic) bond motifs is 6. The summed E-state index contributed by atoms with van der Waals surface area (Å²) in [5.74, 6) is 0.292. The van der Waals surface area contributed by atoms with Gasteiger partial charge in [-0.1, -0.05) is 23.2 Å². The smallest absolute Gasteiger partial charge is 0.277 e. The summed E-state index contributed by atoms with van der Waals surface area (Å²) in [6.45, 7) is 0. The van der Waals surface area contributed by atoms with Crippen LogP contribution in [0.15, 0.2) is 53.8 Å². The Morgan fingerprint density at radius 3 is 2.21 bits per heavy atom. The van der Waals surface area contributed by atoms with Crippen LogP contribution in [0.25, 0.3) is 39.2 Å². The van der Waals surface area contributed by atoms with E-state index in [1.54, 1.807) is 45.5 Å². The number of hydrogen-bond acceptors (Lipinski definition) is 6. The van der Waals surface area contributed by atoms with Gasteiger partial charge in [0.2, 0.25) is 11.3 Å². The third-order valence-corrected chi connectivity index (χ3v) is 5.23. The van der Waals surface area contributed by atoms with E-state index in [-0.39, 0.29) is 5.65 Å². The van der Waals surface area contributed by atoms with E-state index in [1.165, 1.54) is 10.9 Å². The van der Waals surface area contributed by atoms with Crippen molar-refractivity contribution in [3.63, 3.8) is 0 Å². The lowest BCUT2D eigenvalue weighted by Gasteiger charge is -2.13. The maximum Gasteiger partial charge on any atom is 0.302 e. The second-order valence-corrected chi connectivity index (χ2v) is 7.26. The molecule has 0 spiro atoms. The minimum atomic E-state index is -0.406. The monoisotopic (exact) mass is 422 g/mol. The zero-order chi connectivity index (χ0) is 19.7. The molecular formula is C18H8Cl2N8O. The molecule has 0 amide bonds. The molecule has 140 valence electrons. The molecule has 4 heterocycles. The molecule has 4 aromatic heterocycles. The highest BCUT2D eigenvalue weighted by Gasteiger charge is 2.19. The summed E-state index contributed by atoms with van der Waals surface area (Å²) in [5.41, 5.74) is 2.74. The van der Waals surface area contributed by atoms with E-state index < -0.39 is 5.56 Å². The van der Waals surface area contributed by atoms with Crippen LogP contribution < -0.4 is 5.56 Å². The lowest BCUT2D eigenvalue weighted by molar-refractivity contribution is 0.965. The largest absolute Gasteiger partial charge is 0.302 e. The molecule has 0 atom stereocenters. The van der Waals surface area contributed by atoms with E-state index in [1.807, 2.05) is 6.07 Å². The van der Waals surface area contributed by atoms with Crippen molar-refractivity contribution in [2.24, 2.45) is 0 Å². The molecule has 0 saturated carbocycles. The first-order valence-corrected chi connectivity index (χ1v) is 9.21. The van der Waals surface area contributed by atoms with Gasteiger partial charge in [-0.2, -0.15) is 0 Å². The quantitative estimate of drug-likeness (QED) is 0.404. The van der Waals surface area contributed by atoms with E-state index in [0.717, 1.165) is 5.52 Å². The van der Waals surface area contributed by atoms with Crippen LogP contribution in [0.4, 0.5) is 0 Å². The number of hydrogen-bond donors (Lipinski definition) is 0. The van der Waals surface area contributed by atoms with Crippen LogP contribution in [0.3, 0.4) is 0 Å². The van der Waals surface area contributed by atoms with Crippen molar-refractivity contribution in [2.75, 3.05) is 0 Å². The average molecular weight is 423 g/mol. The van der Waals surface area contributed by atoms with Gasteiger partial charge in [-0.15, -0.1) is 20.4 Å². The molecule has 0 bridgehead atoms. The molecular weight excluding hydrogens is 415 g/mol. The summed E-state index contributed by atoms with van der Waals surface area (Å²) >= 11 is 12.4. The molecule has 0 aliphatic carbocycles. The van der Waals surface area contributed by atoms with Gasteiger partial charge in [-0.25, -0.2) is 4.98 Å². The molecule has 11 heteroatoms. The Bertz CT molecular complexity index is 1670. The first-order valence-electron chi connectivity index (χ1n) is 8.45. The van der Waals surface area contributed by atoms with Crippen LogP contribution in [-0.2, 0) is 0 Å². The minimum Gasteiger partial charge on any atom is -0.277 e. The molecule has 2 aromatic carbocycles. The van der Waals surface area contributed by atoms with E-state index in [0.29, 0.717) is 38.1 Å². The van der Waals surface area contributed by atoms with Gasteiger partial charge in [0.15, 0.2) is 5.82 Å². The van der Waals surface area contributed by atoms with E-state index in [9.17, 15) is 4.79 Å². The summed E-state index contributed by atoms with van der Waals surface area (Å²) in [4.78, 5) is 18.1. The Labute approximate surface area is 170 Å². The molecule has 6 aromatic rings. The molecule has 6 rings (SSSR count). The number of halogens is 2. The Morgan fingerprint density at radius 1 is 0.759 bits per heavy atom. The SMILES string of the molecule is O=c1c2nncn2c2ccc(Cl)cc2n1-c1nc2cc(Cl)ccc2n2cnnc12. The number of nitrogens with zero attached hydrogens (tertiary/aromatic N) is 8. The van der Waals surface area contributed by atoms with Gasteiger partial charge in [-0.3, -0.25) is 18.2 Å². The second-order valence-electron chi connectivity index (χ2n) is 6.39. The minimum absolute atomic E-state index is 0.158. The first kappa shape index (κ1) is 16.4. The lowest BCUT2D eigenvalue weighted by Crippen LogP contribution is -2.23. The Morgan fingerprint density at radius 2 is 1.41 bits per heavy atom. The molecule has 0 fully saturated rings. The highest BCUT2D eigenvalue weighted by atomic mass is 35.5. The van der Waals surface area contributed by atoms with Gasteiger partial charge in [0.05, 0.1) is 22.1 Å². The second kappa shape index (κ2) is 5.72. The first-order chi connectivity index (χ1) is 14.1. The lowest BCUT2D eigenvalue weighted by atomic mass is 10.2. The third-order valence-electron chi connectivity index (χ3n) is 4.76. The van der Waals surface area contributed by atoms with Crippen molar-refractivity contribution < 1.29 is 0 Å². The van der Waals surface area contributed by atoms with Crippen LogP contribution in [-0.4, -0.2) is 38.7 Å². The van der Waals surface area contributed by atoms with E-state index in [4.69, 9.17) is 28.2 Å². The van der Waals surface area contributed by atoms with Gasteiger partial charge >= 0.3 is 5.56 Å². The van der Waals surface area contributed by atoms with Crippen LogP contribution in [0.5, 0.6) is 0 Å². The zero-order valence-electron chi connectivity index (χ0n) is 14.4. The van der Waals surface area contributed by atoms with Gasteiger partial charge in [-0.05, 0) is 36.4 Å². The van der Waals surface area contributed by atoms with E-state index in [2.05, 4.69) is 20.4 Å². The Balaban J connectivity index is 1.88. The molecule has 0 radical (unpaired) electrons. The highest BCUT2D eigenvalue weighted by Crippen LogP contribution is 2.25. The fraction of sp³-hybridized carbons (Fsp3) is 0. The summed E-state index contributed by atoms with van der Waals surface area (Å²) in [6.07, 6.45) is 3.05. The predicted octanol–water partition coefficient (Wildman–Crippen LogP) is 2.93. The number of rotatable bonds is 1. The molecule has 29 heavy (non-hydrogen) atoms. The Kier molecular flexibility index (Phi) is 3.24. The van der Waals surface area contributed by atoms with Crippen LogP contribution >= 0.6 is 23.2 Å². The third kappa shape index (κ3) is 2.22. The van der Waals surface area contributed by atoms with Crippen LogP contribution in [0, 0.1) is 0 Å². The Hall–Kier alpha value is -3.56. The van der Waals surface area contributed by atoms with Crippen molar-refractivity contribution >= 4 is 56.6 Å². The highest BCUT2D eigenvalue weighted by molar-refractivity contribution is 6.31. The van der Waals surface area contributed by atoms with Gasteiger partial charge < -0.3 is 0 Å². The molecule has 0 N–H and O–H groups in total. The maximum atomic E-state index is 13.4. The van der Waals surface area contributed by atoms with Gasteiger partial charge in [0, 0.05) is 10.0 Å². The summed E-state index contributed by atoms with van der Waals surface area (Å²) in [5, 5.41) is 17.0. The van der Waals surface area contributed by atoms with Gasteiger partial charge in [0.25, 0.3) is 0 Å². The summed E-state index contributed by atoms with van der Waals surface area (Å²) < 4.78 is 4.80. The molecule has 9 nitrogen and oxygen atoms in total. The predicted molar refractivity (Wildman–Crippen MR) is 108 cm³/mol. The van der Waals surface area contributed by atoms with Crippen molar-refractivity contribution in [1.29, 1.82) is 0 Å². The van der Waals surface area contributed by atoms with Crippen molar-refractivity contribution in [3.8, 4) is 5.82 Å².